The molecule has 0 amide bonds. The van der Waals surface area contributed by atoms with E-state index in [1.807, 2.05) is 0 Å². The second-order valence-corrected chi connectivity index (χ2v) is 11.8. The van der Waals surface area contributed by atoms with Crippen LogP contribution in [0.1, 0.15) is 17.9 Å². The number of benzene rings is 1. The second kappa shape index (κ2) is 7.71. The highest BCUT2D eigenvalue weighted by molar-refractivity contribution is 8.00. The molecule has 1 aromatic carbocycles. The van der Waals surface area contributed by atoms with Crippen LogP contribution in [0.5, 0.6) is 0 Å². The molecule has 5 rings (SSSR count). The average Bonchev–Trinajstić information content (AvgIpc) is 3.41. The van der Waals surface area contributed by atoms with Crippen molar-refractivity contribution in [1.29, 1.82) is 0 Å². The van der Waals surface area contributed by atoms with Gasteiger partial charge in [-0.3, -0.25) is 4.98 Å². The monoisotopic (exact) mass is 507 g/mol. The van der Waals surface area contributed by atoms with Crippen LogP contribution in [0.15, 0.2) is 57.4 Å². The maximum atomic E-state index is 15.1. The summed E-state index contributed by atoms with van der Waals surface area (Å²) < 4.78 is 46.7. The lowest BCUT2D eigenvalue weighted by molar-refractivity contribution is 0.447. The summed E-state index contributed by atoms with van der Waals surface area (Å²) in [6.07, 6.45) is 4.36. The maximum Gasteiger partial charge on any atom is 0.239 e. The predicted molar refractivity (Wildman–Crippen MR) is 125 cm³/mol. The summed E-state index contributed by atoms with van der Waals surface area (Å²) in [6, 6.07) is 6.49. The Morgan fingerprint density at radius 1 is 1.36 bits per heavy atom. The van der Waals surface area contributed by atoms with Crippen molar-refractivity contribution in [2.24, 2.45) is 10.7 Å². The van der Waals surface area contributed by atoms with Gasteiger partial charge in [-0.25, -0.2) is 27.1 Å². The Balaban J connectivity index is 1.55. The summed E-state index contributed by atoms with van der Waals surface area (Å²) in [5.41, 5.74) is 6.88. The molecular weight excluding hydrogens is 489 g/mol. The van der Waals surface area contributed by atoms with Crippen molar-refractivity contribution in [3.05, 3.63) is 54.4 Å². The number of guanidine groups is 1. The number of thioether (sulfide) groups is 1. The molecule has 0 radical (unpaired) electrons. The predicted octanol–water partition coefficient (Wildman–Crippen LogP) is 3.65. The van der Waals surface area contributed by atoms with Crippen molar-refractivity contribution in [3.8, 4) is 22.6 Å². The fourth-order valence-corrected chi connectivity index (χ4v) is 7.92. The van der Waals surface area contributed by atoms with E-state index in [9.17, 15) is 8.42 Å². The number of fused-ring (bicyclic) bond motifs is 1. The van der Waals surface area contributed by atoms with Crippen LogP contribution in [0.3, 0.4) is 0 Å². The van der Waals surface area contributed by atoms with E-state index in [2.05, 4.69) is 15.0 Å². The SMILES string of the molecule is CN1C(N)=N[C@](C)(C2Sc3c(ccnc3-c3ccc(-c4cnco4)cc3F)C2Cl)CS1(=O)=O. The summed E-state index contributed by atoms with van der Waals surface area (Å²) in [5.74, 6) is -0.351. The van der Waals surface area contributed by atoms with E-state index < -0.39 is 32.0 Å². The Bertz CT molecular complexity index is 1380. The zero-order chi connectivity index (χ0) is 23.5. The minimum atomic E-state index is -3.65. The first-order valence-corrected chi connectivity index (χ1v) is 12.8. The smallest absolute Gasteiger partial charge is 0.239 e. The quantitative estimate of drug-likeness (QED) is 0.538. The minimum Gasteiger partial charge on any atom is -0.444 e. The number of sulfonamides is 1. The molecule has 2 unspecified atom stereocenters. The van der Waals surface area contributed by atoms with Crippen LogP contribution < -0.4 is 5.73 Å². The number of oxazole rings is 1. The number of nitrogens with two attached hydrogens (primary N) is 1. The van der Waals surface area contributed by atoms with Crippen LogP contribution in [0.4, 0.5) is 4.39 Å². The van der Waals surface area contributed by atoms with Gasteiger partial charge in [0.05, 0.1) is 33.8 Å². The minimum absolute atomic E-state index is 0.0865. The summed E-state index contributed by atoms with van der Waals surface area (Å²) in [5, 5.41) is -1.01. The van der Waals surface area contributed by atoms with E-state index in [0.717, 1.165) is 9.87 Å². The molecule has 3 atom stereocenters. The highest BCUT2D eigenvalue weighted by Crippen LogP contribution is 2.55. The molecule has 0 spiro atoms. The highest BCUT2D eigenvalue weighted by atomic mass is 35.5. The van der Waals surface area contributed by atoms with Crippen LogP contribution in [0.25, 0.3) is 22.6 Å². The molecule has 0 aliphatic carbocycles. The number of aliphatic imine (C=N–C) groups is 1. The molecule has 2 aliphatic rings. The Morgan fingerprint density at radius 3 is 2.82 bits per heavy atom. The molecule has 2 aromatic heterocycles. The number of pyridine rings is 1. The normalized spacial score (nSPS) is 26.2. The molecule has 8 nitrogen and oxygen atoms in total. The van der Waals surface area contributed by atoms with Gasteiger partial charge in [-0.1, -0.05) is 6.07 Å². The van der Waals surface area contributed by atoms with Gasteiger partial charge in [-0.15, -0.1) is 23.4 Å². The van der Waals surface area contributed by atoms with Gasteiger partial charge in [0.15, 0.2) is 12.2 Å². The number of hydrogen-bond donors (Lipinski definition) is 1. The topological polar surface area (TPSA) is 115 Å². The molecular formula is C21H19ClFN5O3S2. The van der Waals surface area contributed by atoms with Crippen LogP contribution in [-0.2, 0) is 10.0 Å². The number of alkyl halides is 1. The third kappa shape index (κ3) is 3.58. The first kappa shape index (κ1) is 22.2. The number of hydrogen-bond acceptors (Lipinski definition) is 8. The van der Waals surface area contributed by atoms with Gasteiger partial charge in [0, 0.05) is 29.3 Å². The fraction of sp³-hybridized carbons (Fsp3) is 0.286. The molecule has 12 heteroatoms. The van der Waals surface area contributed by atoms with Crippen LogP contribution >= 0.6 is 23.4 Å². The second-order valence-electron chi connectivity index (χ2n) is 8.13. The van der Waals surface area contributed by atoms with Gasteiger partial charge in [-0.2, -0.15) is 0 Å². The molecule has 4 heterocycles. The number of aromatic nitrogens is 2. The summed E-state index contributed by atoms with van der Waals surface area (Å²) >= 11 is 8.17. The zero-order valence-electron chi connectivity index (χ0n) is 17.6. The van der Waals surface area contributed by atoms with Crippen LogP contribution in [-0.4, -0.2) is 52.2 Å². The Kier molecular flexibility index (Phi) is 5.18. The molecule has 0 saturated heterocycles. The summed E-state index contributed by atoms with van der Waals surface area (Å²) in [4.78, 5) is 13.5. The average molecular weight is 508 g/mol. The lowest BCUT2D eigenvalue weighted by atomic mass is 9.94. The lowest BCUT2D eigenvalue weighted by Gasteiger charge is -2.38. The number of nitrogens with zero attached hydrogens (tertiary/aromatic N) is 4. The Labute approximate surface area is 199 Å². The van der Waals surface area contributed by atoms with E-state index in [4.69, 9.17) is 21.8 Å². The zero-order valence-corrected chi connectivity index (χ0v) is 20.0. The Morgan fingerprint density at radius 2 is 2.15 bits per heavy atom. The molecule has 3 aromatic rings. The first-order chi connectivity index (χ1) is 15.6. The largest absolute Gasteiger partial charge is 0.444 e. The van der Waals surface area contributed by atoms with Crippen molar-refractivity contribution in [2.45, 2.75) is 28.0 Å². The van der Waals surface area contributed by atoms with E-state index in [1.54, 1.807) is 31.3 Å². The lowest BCUT2D eigenvalue weighted by Crippen LogP contribution is -2.55. The fourth-order valence-electron chi connectivity index (χ4n) is 4.13. The van der Waals surface area contributed by atoms with E-state index in [-0.39, 0.29) is 11.7 Å². The summed E-state index contributed by atoms with van der Waals surface area (Å²) in [7, 11) is -2.28. The number of rotatable bonds is 3. The third-order valence-electron chi connectivity index (χ3n) is 5.88. The van der Waals surface area contributed by atoms with Gasteiger partial charge in [0.1, 0.15) is 5.82 Å². The van der Waals surface area contributed by atoms with Crippen molar-refractivity contribution in [1.82, 2.24) is 14.3 Å². The molecule has 2 N–H and O–H groups in total. The Hall–Kier alpha value is -2.63. The van der Waals surface area contributed by atoms with E-state index >= 15 is 4.39 Å². The van der Waals surface area contributed by atoms with Crippen LogP contribution in [0.2, 0.25) is 0 Å². The van der Waals surface area contributed by atoms with Crippen molar-refractivity contribution < 1.29 is 17.2 Å². The maximum absolute atomic E-state index is 15.1. The molecule has 33 heavy (non-hydrogen) atoms. The van der Waals surface area contributed by atoms with Crippen LogP contribution in [0, 0.1) is 5.82 Å². The molecule has 172 valence electrons. The van der Waals surface area contributed by atoms with Crippen molar-refractivity contribution in [2.75, 3.05) is 12.8 Å². The van der Waals surface area contributed by atoms with Gasteiger partial charge in [0.2, 0.25) is 16.0 Å². The standard InChI is InChI=1S/C21H19ClFN5O3S2/c1-21(9-33(29,30)28(2)20(24)27-21)19-16(22)13-5-6-26-17(18(13)32-19)12-4-3-11(7-14(12)23)15-8-25-10-31-15/h3-8,10,16,19H,9H2,1-2H3,(H2,24,27)/t16?,19?,21-/m0/s1. The molecule has 0 fully saturated rings. The van der Waals surface area contributed by atoms with Gasteiger partial charge >= 0.3 is 0 Å². The van der Waals surface area contributed by atoms with E-state index in [1.165, 1.54) is 37.5 Å². The first-order valence-electron chi connectivity index (χ1n) is 9.91. The molecule has 0 saturated carbocycles. The van der Waals surface area contributed by atoms with Gasteiger partial charge in [-0.05, 0) is 30.7 Å². The molecule has 2 aliphatic heterocycles. The number of halogens is 2. The van der Waals surface area contributed by atoms with Gasteiger partial charge < -0.3 is 10.2 Å². The highest BCUT2D eigenvalue weighted by Gasteiger charge is 2.51. The van der Waals surface area contributed by atoms with Crippen molar-refractivity contribution >= 4 is 39.3 Å². The van der Waals surface area contributed by atoms with Crippen molar-refractivity contribution in [3.63, 3.8) is 0 Å². The third-order valence-corrected chi connectivity index (χ3v) is 10.2. The van der Waals surface area contributed by atoms with E-state index in [0.29, 0.717) is 27.5 Å². The molecule has 0 bridgehead atoms. The van der Waals surface area contributed by atoms with Gasteiger partial charge in [0.25, 0.3) is 0 Å². The summed E-state index contributed by atoms with van der Waals surface area (Å²) in [6.45, 7) is 1.73.